The van der Waals surface area contributed by atoms with Crippen molar-refractivity contribution >= 4 is 10.0 Å². The van der Waals surface area contributed by atoms with Gasteiger partial charge < -0.3 is 5.11 Å². The Hall–Kier alpha value is -0.980. The maximum atomic E-state index is 11.2. The summed E-state index contributed by atoms with van der Waals surface area (Å²) in [5.74, 6) is -0.480. The first-order valence-corrected chi connectivity index (χ1v) is 7.22. The summed E-state index contributed by atoms with van der Waals surface area (Å²) in [6.07, 6.45) is 4.99. The fourth-order valence-corrected chi connectivity index (χ4v) is 2.72. The van der Waals surface area contributed by atoms with Crippen molar-refractivity contribution in [1.82, 2.24) is 4.98 Å². The molecule has 1 aromatic rings. The van der Waals surface area contributed by atoms with Crippen LogP contribution in [0.4, 0.5) is 0 Å². The minimum Gasteiger partial charge on any atom is -0.384 e. The van der Waals surface area contributed by atoms with E-state index in [9.17, 15) is 13.5 Å². The largest absolute Gasteiger partial charge is 0.384 e. The van der Waals surface area contributed by atoms with E-state index in [4.69, 9.17) is 5.14 Å². The van der Waals surface area contributed by atoms with E-state index in [2.05, 4.69) is 4.98 Å². The maximum absolute atomic E-state index is 11.2. The molecule has 1 atom stereocenters. The average Bonchev–Trinajstić information content (AvgIpc) is 2.25. The predicted molar refractivity (Wildman–Crippen MR) is 65.6 cm³/mol. The monoisotopic (exact) mass is 258 g/mol. The summed E-state index contributed by atoms with van der Waals surface area (Å²) in [7, 11) is -3.74. The molecule has 6 heteroatoms. The van der Waals surface area contributed by atoms with Gasteiger partial charge >= 0.3 is 0 Å². The van der Waals surface area contributed by atoms with Crippen molar-refractivity contribution in [2.45, 2.75) is 31.8 Å². The Labute approximate surface area is 102 Å². The van der Waals surface area contributed by atoms with Crippen molar-refractivity contribution in [3.8, 4) is 0 Å². The second-order valence-corrected chi connectivity index (χ2v) is 5.80. The highest BCUT2D eigenvalue weighted by Crippen LogP contribution is 2.27. The van der Waals surface area contributed by atoms with Crippen molar-refractivity contribution in [2.24, 2.45) is 5.14 Å². The zero-order valence-corrected chi connectivity index (χ0v) is 10.7. The molecular formula is C11H18N2O3S. The molecular weight excluding hydrogens is 240 g/mol. The van der Waals surface area contributed by atoms with Crippen LogP contribution in [0.1, 0.15) is 31.7 Å². The Bertz CT molecular complexity index is 447. The summed E-state index contributed by atoms with van der Waals surface area (Å²) in [5, 5.41) is 15.5. The standard InChI is InChI=1S/C11H18N2O3S/c1-2-3-6-11(14,9-17(12,15)16)10-5-4-7-13-8-10/h4-5,7-8,14H,2-3,6,9H2,1H3,(H2,12,15,16). The van der Waals surface area contributed by atoms with E-state index in [1.54, 1.807) is 18.3 Å². The minimum absolute atomic E-state index is 0.353. The molecule has 1 rings (SSSR count). The second kappa shape index (κ2) is 5.57. The number of primary sulfonamides is 1. The van der Waals surface area contributed by atoms with Crippen LogP contribution < -0.4 is 5.14 Å². The lowest BCUT2D eigenvalue weighted by Crippen LogP contribution is -2.37. The molecule has 0 aromatic carbocycles. The lowest BCUT2D eigenvalue weighted by molar-refractivity contribution is 0.0484. The van der Waals surface area contributed by atoms with Crippen LogP contribution in [0.5, 0.6) is 0 Å². The zero-order chi connectivity index (χ0) is 12.9. The summed E-state index contributed by atoms with van der Waals surface area (Å²) in [4.78, 5) is 3.89. The number of nitrogens with zero attached hydrogens (tertiary/aromatic N) is 1. The third kappa shape index (κ3) is 4.41. The van der Waals surface area contributed by atoms with Crippen LogP contribution in [-0.4, -0.2) is 24.3 Å². The minimum atomic E-state index is -3.74. The SMILES string of the molecule is CCCCC(O)(CS(N)(=O)=O)c1cccnc1. The van der Waals surface area contributed by atoms with Crippen LogP contribution >= 0.6 is 0 Å². The number of sulfonamides is 1. The number of aliphatic hydroxyl groups is 1. The number of hydrogen-bond acceptors (Lipinski definition) is 4. The number of aromatic nitrogens is 1. The summed E-state index contributed by atoms with van der Waals surface area (Å²) in [6, 6.07) is 3.32. The Morgan fingerprint density at radius 2 is 2.24 bits per heavy atom. The van der Waals surface area contributed by atoms with Gasteiger partial charge in [0.1, 0.15) is 5.60 Å². The van der Waals surface area contributed by atoms with E-state index in [0.29, 0.717) is 12.0 Å². The van der Waals surface area contributed by atoms with Gasteiger partial charge in [0.2, 0.25) is 10.0 Å². The normalized spacial score (nSPS) is 15.5. The quantitative estimate of drug-likeness (QED) is 0.787. The maximum Gasteiger partial charge on any atom is 0.212 e. The average molecular weight is 258 g/mol. The van der Waals surface area contributed by atoms with Gasteiger partial charge in [-0.05, 0) is 12.5 Å². The third-order valence-corrected chi connectivity index (χ3v) is 3.46. The molecule has 3 N–H and O–H groups in total. The van der Waals surface area contributed by atoms with Crippen LogP contribution in [0.25, 0.3) is 0 Å². The van der Waals surface area contributed by atoms with Gasteiger partial charge in [-0.25, -0.2) is 13.6 Å². The Morgan fingerprint density at radius 3 is 2.71 bits per heavy atom. The van der Waals surface area contributed by atoms with Crippen molar-refractivity contribution in [2.75, 3.05) is 5.75 Å². The van der Waals surface area contributed by atoms with E-state index in [0.717, 1.165) is 12.8 Å². The second-order valence-electron chi connectivity index (χ2n) is 4.18. The van der Waals surface area contributed by atoms with Gasteiger partial charge in [0.25, 0.3) is 0 Å². The molecule has 0 aliphatic heterocycles. The van der Waals surface area contributed by atoms with Crippen molar-refractivity contribution in [3.63, 3.8) is 0 Å². The lowest BCUT2D eigenvalue weighted by atomic mass is 9.92. The first kappa shape index (κ1) is 14.1. The summed E-state index contributed by atoms with van der Waals surface area (Å²) >= 11 is 0. The Kier molecular flexibility index (Phi) is 4.62. The first-order chi connectivity index (χ1) is 7.87. The van der Waals surface area contributed by atoms with Crippen molar-refractivity contribution < 1.29 is 13.5 Å². The molecule has 0 radical (unpaired) electrons. The summed E-state index contributed by atoms with van der Waals surface area (Å²) in [6.45, 7) is 1.97. The number of hydrogen-bond donors (Lipinski definition) is 2. The molecule has 0 bridgehead atoms. The highest BCUT2D eigenvalue weighted by molar-refractivity contribution is 7.89. The number of pyridine rings is 1. The van der Waals surface area contributed by atoms with Crippen LogP contribution in [0.15, 0.2) is 24.5 Å². The molecule has 1 heterocycles. The predicted octanol–water partition coefficient (Wildman–Crippen LogP) is 0.748. The van der Waals surface area contributed by atoms with E-state index in [1.807, 2.05) is 6.92 Å². The number of unbranched alkanes of at least 4 members (excludes halogenated alkanes) is 1. The molecule has 0 spiro atoms. The van der Waals surface area contributed by atoms with Crippen LogP contribution in [0, 0.1) is 0 Å². The van der Waals surface area contributed by atoms with Gasteiger partial charge in [-0.2, -0.15) is 0 Å². The number of rotatable bonds is 6. The van der Waals surface area contributed by atoms with E-state index in [-0.39, 0.29) is 0 Å². The molecule has 0 fully saturated rings. The van der Waals surface area contributed by atoms with Crippen molar-refractivity contribution in [3.05, 3.63) is 30.1 Å². The van der Waals surface area contributed by atoms with Gasteiger partial charge in [-0.15, -0.1) is 0 Å². The molecule has 1 aromatic heterocycles. The van der Waals surface area contributed by atoms with Gasteiger partial charge in [0.05, 0.1) is 5.75 Å². The Balaban J connectivity index is 3.02. The zero-order valence-electron chi connectivity index (χ0n) is 9.83. The smallest absolute Gasteiger partial charge is 0.212 e. The highest BCUT2D eigenvalue weighted by Gasteiger charge is 2.33. The molecule has 96 valence electrons. The third-order valence-electron chi connectivity index (χ3n) is 2.58. The molecule has 0 saturated carbocycles. The summed E-state index contributed by atoms with van der Waals surface area (Å²) < 4.78 is 22.4. The van der Waals surface area contributed by atoms with Gasteiger partial charge in [0, 0.05) is 18.0 Å². The lowest BCUT2D eigenvalue weighted by Gasteiger charge is -2.27. The van der Waals surface area contributed by atoms with Gasteiger partial charge in [-0.3, -0.25) is 4.98 Å². The van der Waals surface area contributed by atoms with E-state index >= 15 is 0 Å². The molecule has 17 heavy (non-hydrogen) atoms. The van der Waals surface area contributed by atoms with Crippen molar-refractivity contribution in [1.29, 1.82) is 0 Å². The molecule has 0 aliphatic rings. The summed E-state index contributed by atoms with van der Waals surface area (Å²) in [5.41, 5.74) is -0.958. The molecule has 0 amide bonds. The fourth-order valence-electron chi connectivity index (χ4n) is 1.74. The molecule has 0 saturated heterocycles. The highest BCUT2D eigenvalue weighted by atomic mass is 32.2. The Morgan fingerprint density at radius 1 is 1.53 bits per heavy atom. The fraction of sp³-hybridized carbons (Fsp3) is 0.545. The topological polar surface area (TPSA) is 93.3 Å². The van der Waals surface area contributed by atoms with E-state index < -0.39 is 21.4 Å². The van der Waals surface area contributed by atoms with Crippen LogP contribution in [0.2, 0.25) is 0 Å². The molecule has 5 nitrogen and oxygen atoms in total. The van der Waals surface area contributed by atoms with E-state index in [1.165, 1.54) is 6.20 Å². The molecule has 1 unspecified atom stereocenters. The molecule has 0 aliphatic carbocycles. The van der Waals surface area contributed by atoms with Gasteiger partial charge in [-0.1, -0.05) is 25.8 Å². The van der Waals surface area contributed by atoms with Crippen LogP contribution in [0.3, 0.4) is 0 Å². The van der Waals surface area contributed by atoms with Crippen LogP contribution in [-0.2, 0) is 15.6 Å². The van der Waals surface area contributed by atoms with Gasteiger partial charge in [0.15, 0.2) is 0 Å². The first-order valence-electron chi connectivity index (χ1n) is 5.51. The number of nitrogens with two attached hydrogens (primary N) is 1.